The molecule has 0 heterocycles. The summed E-state index contributed by atoms with van der Waals surface area (Å²) in [4.78, 5) is 9.62. The minimum atomic E-state index is -0.253. The molecule has 0 atom stereocenters. The summed E-state index contributed by atoms with van der Waals surface area (Å²) >= 11 is 0. The van der Waals surface area contributed by atoms with Crippen LogP contribution in [0.15, 0.2) is 0 Å². The molecule has 0 aromatic heterocycles. The fraction of sp³-hybridized carbons (Fsp3) is 1.00. The van der Waals surface area contributed by atoms with E-state index in [1.165, 1.54) is 0 Å². The van der Waals surface area contributed by atoms with Gasteiger partial charge in [0.05, 0.1) is 5.60 Å². The summed E-state index contributed by atoms with van der Waals surface area (Å²) in [6, 6.07) is 0. The van der Waals surface area contributed by atoms with E-state index in [4.69, 9.17) is 14.5 Å². The summed E-state index contributed by atoms with van der Waals surface area (Å²) < 4.78 is 4.88. The van der Waals surface area contributed by atoms with Crippen LogP contribution in [0.2, 0.25) is 0 Å². The molecule has 0 aromatic carbocycles. The first-order chi connectivity index (χ1) is 4.56. The second kappa shape index (κ2) is 4.66. The van der Waals surface area contributed by atoms with Gasteiger partial charge in [-0.15, -0.1) is 0 Å². The summed E-state index contributed by atoms with van der Waals surface area (Å²) in [5, 5.41) is 0. The third-order valence-electron chi connectivity index (χ3n) is 0.644. The summed E-state index contributed by atoms with van der Waals surface area (Å²) in [6.07, 6.45) is 0. The highest BCUT2D eigenvalue weighted by atomic mass is 17.2. The van der Waals surface area contributed by atoms with E-state index in [0.717, 1.165) is 0 Å². The minimum absolute atomic E-state index is 0.202. The SMILES string of the molecule is CCOCOOC(C)(C)C. The van der Waals surface area contributed by atoms with Crippen LogP contribution in [0, 0.1) is 0 Å². The number of hydrogen-bond acceptors (Lipinski definition) is 3. The second-order valence-corrected chi connectivity index (χ2v) is 2.92. The molecule has 3 nitrogen and oxygen atoms in total. The van der Waals surface area contributed by atoms with Crippen LogP contribution in [-0.2, 0) is 14.5 Å². The van der Waals surface area contributed by atoms with Crippen molar-refractivity contribution >= 4 is 0 Å². The standard InChI is InChI=1S/C7H16O3/c1-5-8-6-9-10-7(2,3)4/h5-6H2,1-4H3. The average Bonchev–Trinajstić information content (AvgIpc) is 1.78. The first-order valence-corrected chi connectivity index (χ1v) is 3.44. The average molecular weight is 148 g/mol. The summed E-state index contributed by atoms with van der Waals surface area (Å²) in [5.74, 6) is 0. The highest BCUT2D eigenvalue weighted by Crippen LogP contribution is 2.06. The predicted octanol–water partition coefficient (Wildman–Crippen LogP) is 1.73. The van der Waals surface area contributed by atoms with Gasteiger partial charge in [-0.05, 0) is 27.7 Å². The zero-order valence-corrected chi connectivity index (χ0v) is 7.14. The molecular formula is C7H16O3. The zero-order chi connectivity index (χ0) is 8.04. The Hall–Kier alpha value is -0.120. The van der Waals surface area contributed by atoms with Crippen molar-refractivity contribution in [1.29, 1.82) is 0 Å². The van der Waals surface area contributed by atoms with Crippen LogP contribution in [0.3, 0.4) is 0 Å². The third-order valence-corrected chi connectivity index (χ3v) is 0.644. The molecule has 0 spiro atoms. The molecule has 0 fully saturated rings. The Morgan fingerprint density at radius 1 is 1.20 bits per heavy atom. The molecule has 0 saturated carbocycles. The van der Waals surface area contributed by atoms with E-state index in [1.54, 1.807) is 0 Å². The third kappa shape index (κ3) is 7.88. The summed E-state index contributed by atoms with van der Waals surface area (Å²) in [6.45, 7) is 8.50. The Balaban J connectivity index is 3.04. The van der Waals surface area contributed by atoms with Crippen LogP contribution in [0.1, 0.15) is 27.7 Å². The lowest BCUT2D eigenvalue weighted by molar-refractivity contribution is -0.380. The largest absolute Gasteiger partial charge is 0.353 e. The Morgan fingerprint density at radius 2 is 1.80 bits per heavy atom. The first kappa shape index (κ1) is 9.88. The fourth-order valence-corrected chi connectivity index (χ4v) is 0.318. The van der Waals surface area contributed by atoms with Crippen LogP contribution in [0.25, 0.3) is 0 Å². The van der Waals surface area contributed by atoms with Crippen molar-refractivity contribution in [3.8, 4) is 0 Å². The van der Waals surface area contributed by atoms with Gasteiger partial charge in [0, 0.05) is 6.61 Å². The van der Waals surface area contributed by atoms with Crippen molar-refractivity contribution < 1.29 is 14.5 Å². The van der Waals surface area contributed by atoms with Crippen LogP contribution in [0.4, 0.5) is 0 Å². The maximum atomic E-state index is 4.91. The molecule has 0 rings (SSSR count). The molecule has 0 saturated heterocycles. The maximum Gasteiger partial charge on any atom is 0.180 e. The Bertz CT molecular complexity index is 75.4. The molecule has 0 amide bonds. The van der Waals surface area contributed by atoms with Crippen molar-refractivity contribution in [2.45, 2.75) is 33.3 Å². The van der Waals surface area contributed by atoms with E-state index >= 15 is 0 Å². The van der Waals surface area contributed by atoms with Gasteiger partial charge in [0.15, 0.2) is 6.79 Å². The molecule has 0 aliphatic carbocycles. The smallest absolute Gasteiger partial charge is 0.180 e. The molecule has 62 valence electrons. The molecule has 0 aromatic rings. The number of ether oxygens (including phenoxy) is 1. The molecule has 0 aliphatic heterocycles. The second-order valence-electron chi connectivity index (χ2n) is 2.92. The van der Waals surface area contributed by atoms with Gasteiger partial charge in [0.2, 0.25) is 0 Å². The summed E-state index contributed by atoms with van der Waals surface area (Å²) in [7, 11) is 0. The highest BCUT2D eigenvalue weighted by molar-refractivity contribution is 4.54. The lowest BCUT2D eigenvalue weighted by Gasteiger charge is -2.16. The monoisotopic (exact) mass is 148 g/mol. The number of hydrogen-bond donors (Lipinski definition) is 0. The van der Waals surface area contributed by atoms with Crippen LogP contribution in [0.5, 0.6) is 0 Å². The molecule has 10 heavy (non-hydrogen) atoms. The van der Waals surface area contributed by atoms with Gasteiger partial charge in [-0.3, -0.25) is 0 Å². The van der Waals surface area contributed by atoms with Crippen molar-refractivity contribution in [3.05, 3.63) is 0 Å². The van der Waals surface area contributed by atoms with Gasteiger partial charge in [-0.1, -0.05) is 0 Å². The zero-order valence-electron chi connectivity index (χ0n) is 7.14. The summed E-state index contributed by atoms with van der Waals surface area (Å²) in [5.41, 5.74) is -0.253. The molecule has 0 aliphatic rings. The van der Waals surface area contributed by atoms with Crippen LogP contribution >= 0.6 is 0 Å². The van der Waals surface area contributed by atoms with Gasteiger partial charge in [0.1, 0.15) is 0 Å². The van der Waals surface area contributed by atoms with Gasteiger partial charge < -0.3 is 4.74 Å². The maximum absolute atomic E-state index is 4.91. The topological polar surface area (TPSA) is 27.7 Å². The number of rotatable bonds is 4. The molecule has 3 heteroatoms. The van der Waals surface area contributed by atoms with Crippen molar-refractivity contribution in [2.24, 2.45) is 0 Å². The van der Waals surface area contributed by atoms with E-state index in [1.807, 2.05) is 27.7 Å². The quantitative estimate of drug-likeness (QED) is 0.263. The lowest BCUT2D eigenvalue weighted by Crippen LogP contribution is -2.20. The van der Waals surface area contributed by atoms with E-state index < -0.39 is 0 Å². The molecule has 0 radical (unpaired) electrons. The molecule has 0 unspecified atom stereocenters. The van der Waals surface area contributed by atoms with E-state index in [-0.39, 0.29) is 12.4 Å². The Kier molecular flexibility index (Phi) is 4.60. The Morgan fingerprint density at radius 3 is 2.20 bits per heavy atom. The Labute approximate surface area is 62.2 Å². The van der Waals surface area contributed by atoms with Gasteiger partial charge >= 0.3 is 0 Å². The van der Waals surface area contributed by atoms with Crippen LogP contribution < -0.4 is 0 Å². The van der Waals surface area contributed by atoms with Gasteiger partial charge in [0.25, 0.3) is 0 Å². The van der Waals surface area contributed by atoms with Gasteiger partial charge in [-0.2, -0.15) is 0 Å². The fourth-order valence-electron chi connectivity index (χ4n) is 0.318. The first-order valence-electron chi connectivity index (χ1n) is 3.44. The lowest BCUT2D eigenvalue weighted by atomic mass is 10.2. The predicted molar refractivity (Wildman–Crippen MR) is 38.4 cm³/mol. The minimum Gasteiger partial charge on any atom is -0.353 e. The highest BCUT2D eigenvalue weighted by Gasteiger charge is 2.10. The molecular weight excluding hydrogens is 132 g/mol. The molecule has 0 N–H and O–H groups in total. The van der Waals surface area contributed by atoms with Crippen LogP contribution in [-0.4, -0.2) is 19.0 Å². The molecule has 0 bridgehead atoms. The van der Waals surface area contributed by atoms with E-state index in [0.29, 0.717) is 6.61 Å². The van der Waals surface area contributed by atoms with Crippen molar-refractivity contribution in [3.63, 3.8) is 0 Å². The normalized spacial score (nSPS) is 12.0. The van der Waals surface area contributed by atoms with Gasteiger partial charge in [-0.25, -0.2) is 9.78 Å². The van der Waals surface area contributed by atoms with E-state index in [9.17, 15) is 0 Å². The van der Waals surface area contributed by atoms with E-state index in [2.05, 4.69) is 0 Å². The van der Waals surface area contributed by atoms with Crippen molar-refractivity contribution in [1.82, 2.24) is 0 Å². The van der Waals surface area contributed by atoms with Crippen molar-refractivity contribution in [2.75, 3.05) is 13.4 Å².